The SMILES string of the molecule is CCCc1nc2ccc(Br)cc2c(=O)n1N=Cc1cc(C)n(-c2ccc3c(c2)OCO3)c1C. The van der Waals surface area contributed by atoms with Gasteiger partial charge in [0.25, 0.3) is 5.56 Å². The number of aryl methyl sites for hydroxylation is 2. The highest BCUT2D eigenvalue weighted by molar-refractivity contribution is 9.10. The van der Waals surface area contributed by atoms with Crippen LogP contribution in [0.1, 0.15) is 36.1 Å². The number of benzene rings is 2. The lowest BCUT2D eigenvalue weighted by Crippen LogP contribution is -2.22. The molecule has 2 aromatic heterocycles. The Morgan fingerprint density at radius 2 is 1.94 bits per heavy atom. The highest BCUT2D eigenvalue weighted by atomic mass is 79.9. The lowest BCUT2D eigenvalue weighted by molar-refractivity contribution is 0.174. The van der Waals surface area contributed by atoms with E-state index in [-0.39, 0.29) is 12.4 Å². The second-order valence-electron chi connectivity index (χ2n) is 8.00. The summed E-state index contributed by atoms with van der Waals surface area (Å²) in [7, 11) is 0. The van der Waals surface area contributed by atoms with Crippen LogP contribution >= 0.6 is 15.9 Å². The van der Waals surface area contributed by atoms with Crippen molar-refractivity contribution in [2.75, 3.05) is 6.79 Å². The third-order valence-electron chi connectivity index (χ3n) is 5.75. The van der Waals surface area contributed by atoms with Crippen LogP contribution in [0.4, 0.5) is 0 Å². The average molecular weight is 507 g/mol. The Morgan fingerprint density at radius 3 is 2.76 bits per heavy atom. The Bertz CT molecular complexity index is 1470. The third kappa shape index (κ3) is 3.84. The van der Waals surface area contributed by atoms with Gasteiger partial charge in [-0.15, -0.1) is 0 Å². The molecule has 0 amide bonds. The van der Waals surface area contributed by atoms with Crippen LogP contribution < -0.4 is 15.0 Å². The fourth-order valence-electron chi connectivity index (χ4n) is 4.16. The van der Waals surface area contributed by atoms with Crippen molar-refractivity contribution in [2.45, 2.75) is 33.6 Å². The molecule has 7 nitrogen and oxygen atoms in total. The van der Waals surface area contributed by atoms with Crippen LogP contribution in [0.5, 0.6) is 11.5 Å². The van der Waals surface area contributed by atoms with E-state index in [1.807, 2.05) is 44.2 Å². The summed E-state index contributed by atoms with van der Waals surface area (Å²) in [6, 6.07) is 13.5. The quantitative estimate of drug-likeness (QED) is 0.351. The largest absolute Gasteiger partial charge is 0.454 e. The van der Waals surface area contributed by atoms with Gasteiger partial charge in [0.15, 0.2) is 11.5 Å². The Hall–Kier alpha value is -3.39. The average Bonchev–Trinajstić information content (AvgIpc) is 3.37. The first-order chi connectivity index (χ1) is 16.0. The minimum Gasteiger partial charge on any atom is -0.454 e. The van der Waals surface area contributed by atoms with Crippen molar-refractivity contribution < 1.29 is 9.47 Å². The van der Waals surface area contributed by atoms with Gasteiger partial charge in [-0.1, -0.05) is 22.9 Å². The van der Waals surface area contributed by atoms with Gasteiger partial charge in [-0.2, -0.15) is 9.78 Å². The van der Waals surface area contributed by atoms with E-state index in [1.165, 1.54) is 4.68 Å². The van der Waals surface area contributed by atoms with Gasteiger partial charge in [-0.3, -0.25) is 4.79 Å². The topological polar surface area (TPSA) is 70.6 Å². The molecule has 0 saturated heterocycles. The van der Waals surface area contributed by atoms with Crippen molar-refractivity contribution in [2.24, 2.45) is 5.10 Å². The van der Waals surface area contributed by atoms with Gasteiger partial charge in [0.05, 0.1) is 17.1 Å². The first-order valence-corrected chi connectivity index (χ1v) is 11.6. The number of hydrogen-bond donors (Lipinski definition) is 0. The van der Waals surface area contributed by atoms with Crippen LogP contribution in [-0.2, 0) is 6.42 Å². The van der Waals surface area contributed by atoms with E-state index in [4.69, 9.17) is 14.5 Å². The summed E-state index contributed by atoms with van der Waals surface area (Å²) in [5, 5.41) is 5.12. The summed E-state index contributed by atoms with van der Waals surface area (Å²) in [5.74, 6) is 2.14. The summed E-state index contributed by atoms with van der Waals surface area (Å²) in [4.78, 5) is 17.9. The Labute approximate surface area is 199 Å². The van der Waals surface area contributed by atoms with Crippen LogP contribution in [-0.4, -0.2) is 27.2 Å². The smallest absolute Gasteiger partial charge is 0.282 e. The van der Waals surface area contributed by atoms with Gasteiger partial charge in [0.2, 0.25) is 6.79 Å². The number of halogens is 1. The number of rotatable bonds is 5. The fourth-order valence-corrected chi connectivity index (χ4v) is 4.52. The van der Waals surface area contributed by atoms with Crippen molar-refractivity contribution in [1.82, 2.24) is 14.2 Å². The monoisotopic (exact) mass is 506 g/mol. The molecule has 0 fully saturated rings. The molecule has 168 valence electrons. The van der Waals surface area contributed by atoms with Gasteiger partial charge >= 0.3 is 0 Å². The molecular formula is C25H23BrN4O3. The lowest BCUT2D eigenvalue weighted by Gasteiger charge is -2.10. The molecule has 0 spiro atoms. The normalized spacial score (nSPS) is 12.8. The predicted octanol–water partition coefficient (Wildman–Crippen LogP) is 5.13. The Morgan fingerprint density at radius 1 is 1.12 bits per heavy atom. The number of aromatic nitrogens is 3. The second kappa shape index (κ2) is 8.51. The summed E-state index contributed by atoms with van der Waals surface area (Å²) in [6.07, 6.45) is 3.26. The van der Waals surface area contributed by atoms with Crippen molar-refractivity contribution >= 4 is 33.0 Å². The summed E-state index contributed by atoms with van der Waals surface area (Å²) < 4.78 is 15.4. The molecule has 8 heteroatoms. The maximum Gasteiger partial charge on any atom is 0.282 e. The number of fused-ring (bicyclic) bond motifs is 2. The van der Waals surface area contributed by atoms with E-state index >= 15 is 0 Å². The van der Waals surface area contributed by atoms with E-state index in [9.17, 15) is 4.79 Å². The standard InChI is InChI=1S/C25H23BrN4O3/c1-4-5-24-28-21-8-6-18(26)11-20(21)25(31)30(24)27-13-17-10-15(2)29(16(17)3)19-7-9-22-23(12-19)33-14-32-22/h6-13H,4-5,14H2,1-3H3. The molecule has 0 atom stereocenters. The molecular weight excluding hydrogens is 484 g/mol. The van der Waals surface area contributed by atoms with Gasteiger partial charge in [-0.05, 0) is 56.7 Å². The predicted molar refractivity (Wildman–Crippen MR) is 132 cm³/mol. The van der Waals surface area contributed by atoms with Gasteiger partial charge in [0, 0.05) is 39.6 Å². The van der Waals surface area contributed by atoms with Crippen LogP contribution in [0, 0.1) is 13.8 Å². The van der Waals surface area contributed by atoms with Crippen LogP contribution in [0.3, 0.4) is 0 Å². The van der Waals surface area contributed by atoms with Crippen LogP contribution in [0.25, 0.3) is 16.6 Å². The molecule has 33 heavy (non-hydrogen) atoms. The van der Waals surface area contributed by atoms with E-state index in [0.717, 1.165) is 45.0 Å². The molecule has 1 aliphatic rings. The fraction of sp³-hybridized carbons (Fsp3) is 0.240. The summed E-state index contributed by atoms with van der Waals surface area (Å²) in [6.45, 7) is 6.37. The molecule has 0 N–H and O–H groups in total. The van der Waals surface area contributed by atoms with Crippen molar-refractivity contribution in [3.63, 3.8) is 0 Å². The third-order valence-corrected chi connectivity index (χ3v) is 6.24. The van der Waals surface area contributed by atoms with Crippen molar-refractivity contribution in [1.29, 1.82) is 0 Å². The van der Waals surface area contributed by atoms with E-state index < -0.39 is 0 Å². The maximum absolute atomic E-state index is 13.2. The first kappa shape index (κ1) is 21.5. The molecule has 5 rings (SSSR count). The molecule has 3 heterocycles. The molecule has 0 radical (unpaired) electrons. The summed E-state index contributed by atoms with van der Waals surface area (Å²) >= 11 is 3.44. The number of nitrogens with zero attached hydrogens (tertiary/aromatic N) is 4. The van der Waals surface area contributed by atoms with E-state index in [1.54, 1.807) is 12.3 Å². The van der Waals surface area contributed by atoms with Gasteiger partial charge in [0.1, 0.15) is 5.82 Å². The molecule has 0 aliphatic carbocycles. The minimum atomic E-state index is -0.175. The van der Waals surface area contributed by atoms with Crippen molar-refractivity contribution in [3.05, 3.63) is 80.1 Å². The molecule has 1 aliphatic heterocycles. The van der Waals surface area contributed by atoms with E-state index in [0.29, 0.717) is 23.1 Å². The number of hydrogen-bond acceptors (Lipinski definition) is 5. The minimum absolute atomic E-state index is 0.175. The zero-order chi connectivity index (χ0) is 23.1. The van der Waals surface area contributed by atoms with Crippen LogP contribution in [0.2, 0.25) is 0 Å². The molecule has 2 aromatic carbocycles. The van der Waals surface area contributed by atoms with Gasteiger partial charge < -0.3 is 14.0 Å². The van der Waals surface area contributed by atoms with Crippen LogP contribution in [0.15, 0.2) is 56.8 Å². The highest BCUT2D eigenvalue weighted by Crippen LogP contribution is 2.34. The zero-order valence-corrected chi connectivity index (χ0v) is 20.2. The van der Waals surface area contributed by atoms with E-state index in [2.05, 4.69) is 38.6 Å². The zero-order valence-electron chi connectivity index (χ0n) is 18.6. The Balaban J connectivity index is 1.58. The molecule has 4 aromatic rings. The highest BCUT2D eigenvalue weighted by Gasteiger charge is 2.17. The second-order valence-corrected chi connectivity index (χ2v) is 8.92. The first-order valence-electron chi connectivity index (χ1n) is 10.8. The Kier molecular flexibility index (Phi) is 5.54. The molecule has 0 bridgehead atoms. The molecule has 0 unspecified atom stereocenters. The lowest BCUT2D eigenvalue weighted by atomic mass is 10.2. The van der Waals surface area contributed by atoms with Crippen molar-refractivity contribution in [3.8, 4) is 17.2 Å². The number of ether oxygens (including phenoxy) is 2. The summed E-state index contributed by atoms with van der Waals surface area (Å²) in [5.41, 5.74) is 4.47. The maximum atomic E-state index is 13.2. The molecule has 0 saturated carbocycles. The van der Waals surface area contributed by atoms with Gasteiger partial charge in [-0.25, -0.2) is 4.98 Å².